The molecule has 0 bridgehead atoms. The van der Waals surface area contributed by atoms with Crippen LogP contribution in [0.2, 0.25) is 0 Å². The average molecular weight is 299 g/mol. The van der Waals surface area contributed by atoms with Gasteiger partial charge in [0.25, 0.3) is 0 Å². The minimum Gasteiger partial charge on any atom is -0.395 e. The minimum absolute atomic E-state index is 0.276. The largest absolute Gasteiger partial charge is 0.395 e. The fourth-order valence-corrected chi connectivity index (χ4v) is 4.12. The van der Waals surface area contributed by atoms with Crippen molar-refractivity contribution in [2.45, 2.75) is 78.8 Å². The van der Waals surface area contributed by atoms with Crippen molar-refractivity contribution in [2.24, 2.45) is 11.3 Å². The molecule has 0 radical (unpaired) electrons. The maximum absolute atomic E-state index is 9.42. The van der Waals surface area contributed by atoms with Gasteiger partial charge in [-0.05, 0) is 50.0 Å². The van der Waals surface area contributed by atoms with Crippen molar-refractivity contribution in [3.63, 3.8) is 0 Å². The highest BCUT2D eigenvalue weighted by Gasteiger charge is 2.35. The first-order valence-electron chi connectivity index (χ1n) is 9.05. The van der Waals surface area contributed by atoms with Crippen molar-refractivity contribution in [3.8, 4) is 0 Å². The van der Waals surface area contributed by atoms with Gasteiger partial charge in [0.15, 0.2) is 0 Å². The molecule has 0 spiro atoms. The van der Waals surface area contributed by atoms with Gasteiger partial charge in [-0.3, -0.25) is 4.90 Å². The summed E-state index contributed by atoms with van der Waals surface area (Å²) in [6.07, 6.45) is 6.28. The molecule has 1 fully saturated rings. The van der Waals surface area contributed by atoms with Gasteiger partial charge in [0.2, 0.25) is 0 Å². The molecule has 3 heteroatoms. The summed E-state index contributed by atoms with van der Waals surface area (Å²) in [7, 11) is 0. The molecule has 0 heterocycles. The van der Waals surface area contributed by atoms with Crippen molar-refractivity contribution in [1.29, 1.82) is 0 Å². The zero-order chi connectivity index (χ0) is 15.9. The molecule has 1 saturated carbocycles. The van der Waals surface area contributed by atoms with E-state index in [1.165, 1.54) is 32.1 Å². The average Bonchev–Trinajstić information content (AvgIpc) is 2.43. The Morgan fingerprint density at radius 2 is 1.90 bits per heavy atom. The van der Waals surface area contributed by atoms with Gasteiger partial charge in [-0.25, -0.2) is 0 Å². The van der Waals surface area contributed by atoms with Gasteiger partial charge in [0.1, 0.15) is 0 Å². The molecular weight excluding hydrogens is 260 g/mol. The van der Waals surface area contributed by atoms with Crippen LogP contribution < -0.4 is 5.32 Å². The van der Waals surface area contributed by atoms with E-state index in [-0.39, 0.29) is 6.61 Å². The molecule has 2 atom stereocenters. The van der Waals surface area contributed by atoms with Crippen LogP contribution in [0, 0.1) is 11.3 Å². The Labute approximate surface area is 132 Å². The molecule has 0 amide bonds. The molecule has 0 aromatic rings. The van der Waals surface area contributed by atoms with Crippen LogP contribution in [0.4, 0.5) is 0 Å². The first-order chi connectivity index (χ1) is 9.97. The Morgan fingerprint density at radius 1 is 1.24 bits per heavy atom. The van der Waals surface area contributed by atoms with Crippen LogP contribution in [0.25, 0.3) is 0 Å². The third kappa shape index (κ3) is 5.88. The molecule has 0 aromatic heterocycles. The number of nitrogens with one attached hydrogen (secondary N) is 1. The zero-order valence-electron chi connectivity index (χ0n) is 15.0. The number of aliphatic hydroxyl groups is 1. The summed E-state index contributed by atoms with van der Waals surface area (Å²) >= 11 is 0. The molecule has 0 saturated heterocycles. The highest BCUT2D eigenvalue weighted by molar-refractivity contribution is 4.91. The monoisotopic (exact) mass is 298 g/mol. The predicted octanol–water partition coefficient (Wildman–Crippen LogP) is 3.27. The second-order valence-electron chi connectivity index (χ2n) is 7.52. The SMILES string of the molecule is CCNC1CCC(C)(C)CC1CN(CCO)C(CC)CC. The summed E-state index contributed by atoms with van der Waals surface area (Å²) in [6, 6.07) is 1.27. The molecule has 3 nitrogen and oxygen atoms in total. The van der Waals surface area contributed by atoms with Gasteiger partial charge in [0, 0.05) is 25.2 Å². The minimum atomic E-state index is 0.276. The predicted molar refractivity (Wildman–Crippen MR) is 91.6 cm³/mol. The summed E-state index contributed by atoms with van der Waals surface area (Å²) in [5, 5.41) is 13.1. The number of hydrogen-bond donors (Lipinski definition) is 2. The first-order valence-corrected chi connectivity index (χ1v) is 9.05. The second kappa shape index (κ2) is 9.12. The summed E-state index contributed by atoms with van der Waals surface area (Å²) in [5.74, 6) is 0.709. The van der Waals surface area contributed by atoms with Gasteiger partial charge in [0.05, 0.1) is 6.61 Å². The van der Waals surface area contributed by atoms with E-state index >= 15 is 0 Å². The molecule has 21 heavy (non-hydrogen) atoms. The van der Waals surface area contributed by atoms with E-state index in [1.807, 2.05) is 0 Å². The topological polar surface area (TPSA) is 35.5 Å². The summed E-state index contributed by atoms with van der Waals surface area (Å²) in [6.45, 7) is 14.9. The van der Waals surface area contributed by atoms with Crippen LogP contribution in [0.3, 0.4) is 0 Å². The highest BCUT2D eigenvalue weighted by Crippen LogP contribution is 2.39. The highest BCUT2D eigenvalue weighted by atomic mass is 16.3. The maximum atomic E-state index is 9.42. The third-order valence-corrected chi connectivity index (χ3v) is 5.30. The fourth-order valence-electron chi connectivity index (χ4n) is 4.12. The van der Waals surface area contributed by atoms with Crippen molar-refractivity contribution in [3.05, 3.63) is 0 Å². The number of nitrogens with zero attached hydrogens (tertiary/aromatic N) is 1. The van der Waals surface area contributed by atoms with Crippen LogP contribution in [0.5, 0.6) is 0 Å². The fraction of sp³-hybridized carbons (Fsp3) is 1.00. The van der Waals surface area contributed by atoms with E-state index in [0.717, 1.165) is 19.6 Å². The lowest BCUT2D eigenvalue weighted by Gasteiger charge is -2.44. The molecule has 2 N–H and O–H groups in total. The Bertz CT molecular complexity index is 276. The first kappa shape index (κ1) is 18.9. The molecule has 0 aliphatic heterocycles. The lowest BCUT2D eigenvalue weighted by molar-refractivity contribution is 0.0680. The van der Waals surface area contributed by atoms with E-state index in [0.29, 0.717) is 23.4 Å². The molecule has 0 aromatic carbocycles. The van der Waals surface area contributed by atoms with Gasteiger partial charge in [-0.15, -0.1) is 0 Å². The second-order valence-corrected chi connectivity index (χ2v) is 7.52. The van der Waals surface area contributed by atoms with Gasteiger partial charge in [-0.1, -0.05) is 34.6 Å². The number of hydrogen-bond acceptors (Lipinski definition) is 3. The Kier molecular flexibility index (Phi) is 8.22. The van der Waals surface area contributed by atoms with Gasteiger partial charge >= 0.3 is 0 Å². The standard InChI is InChI=1S/C18H38N2O/c1-6-16(7-2)20(11-12-21)14-15-13-18(4,5)10-9-17(15)19-8-3/h15-17,19,21H,6-14H2,1-5H3. The van der Waals surface area contributed by atoms with Gasteiger partial charge in [-0.2, -0.15) is 0 Å². The number of aliphatic hydroxyl groups excluding tert-OH is 1. The molecule has 1 aliphatic rings. The summed E-state index contributed by atoms with van der Waals surface area (Å²) in [5.41, 5.74) is 0.468. The van der Waals surface area contributed by atoms with Gasteiger partial charge < -0.3 is 10.4 Å². The van der Waals surface area contributed by atoms with E-state index in [2.05, 4.69) is 44.8 Å². The molecular formula is C18H38N2O. The van der Waals surface area contributed by atoms with Crippen LogP contribution in [-0.4, -0.2) is 48.3 Å². The molecule has 1 rings (SSSR count). The normalized spacial score (nSPS) is 25.7. The van der Waals surface area contributed by atoms with Crippen LogP contribution in [-0.2, 0) is 0 Å². The van der Waals surface area contributed by atoms with E-state index in [9.17, 15) is 5.11 Å². The lowest BCUT2D eigenvalue weighted by Crippen LogP contribution is -2.50. The van der Waals surface area contributed by atoms with Crippen molar-refractivity contribution >= 4 is 0 Å². The Morgan fingerprint density at radius 3 is 2.43 bits per heavy atom. The Balaban J connectivity index is 2.75. The quantitative estimate of drug-likeness (QED) is 0.686. The molecule has 2 unspecified atom stereocenters. The third-order valence-electron chi connectivity index (χ3n) is 5.30. The smallest absolute Gasteiger partial charge is 0.0558 e. The summed E-state index contributed by atoms with van der Waals surface area (Å²) in [4.78, 5) is 2.54. The number of rotatable bonds is 9. The van der Waals surface area contributed by atoms with Crippen molar-refractivity contribution in [1.82, 2.24) is 10.2 Å². The van der Waals surface area contributed by atoms with E-state index in [1.54, 1.807) is 0 Å². The summed E-state index contributed by atoms with van der Waals surface area (Å²) < 4.78 is 0. The Hall–Kier alpha value is -0.120. The van der Waals surface area contributed by atoms with Crippen molar-refractivity contribution in [2.75, 3.05) is 26.2 Å². The maximum Gasteiger partial charge on any atom is 0.0558 e. The van der Waals surface area contributed by atoms with E-state index in [4.69, 9.17) is 0 Å². The lowest BCUT2D eigenvalue weighted by atomic mass is 9.69. The molecule has 126 valence electrons. The molecule has 1 aliphatic carbocycles. The van der Waals surface area contributed by atoms with Crippen molar-refractivity contribution < 1.29 is 5.11 Å². The van der Waals surface area contributed by atoms with E-state index < -0.39 is 0 Å². The van der Waals surface area contributed by atoms with Crippen LogP contribution in [0.15, 0.2) is 0 Å². The van der Waals surface area contributed by atoms with Crippen LogP contribution in [0.1, 0.15) is 66.7 Å². The zero-order valence-corrected chi connectivity index (χ0v) is 15.0. The van der Waals surface area contributed by atoms with Crippen LogP contribution >= 0.6 is 0 Å².